The molecule has 2 aromatic rings. The van der Waals surface area contributed by atoms with Crippen molar-refractivity contribution in [2.24, 2.45) is 0 Å². The van der Waals surface area contributed by atoms with E-state index >= 15 is 0 Å². The van der Waals surface area contributed by atoms with Crippen LogP contribution in [0.3, 0.4) is 0 Å². The van der Waals surface area contributed by atoms with Crippen molar-refractivity contribution in [2.75, 3.05) is 0 Å². The predicted octanol–water partition coefficient (Wildman–Crippen LogP) is 0.0239. The van der Waals surface area contributed by atoms with Crippen molar-refractivity contribution < 1.29 is 14.4 Å². The lowest BCUT2D eigenvalue weighted by Crippen LogP contribution is -2.33. The van der Waals surface area contributed by atoms with Gasteiger partial charge in [0, 0.05) is 17.7 Å². The van der Waals surface area contributed by atoms with Crippen LogP contribution in [0.25, 0.3) is 0 Å². The van der Waals surface area contributed by atoms with Crippen LogP contribution in [0.4, 0.5) is 4.39 Å². The van der Waals surface area contributed by atoms with Gasteiger partial charge in [-0.15, -0.1) is 0 Å². The molecule has 0 saturated heterocycles. The van der Waals surface area contributed by atoms with Crippen molar-refractivity contribution >= 4 is 12.6 Å². The third kappa shape index (κ3) is 3.10. The Morgan fingerprint density at radius 3 is 2.63 bits per heavy atom. The topological polar surface area (TPSA) is 62.5 Å². The van der Waals surface area contributed by atoms with Crippen molar-refractivity contribution in [2.45, 2.75) is 13.5 Å². The zero-order valence-corrected chi connectivity index (χ0v) is 10.4. The Labute approximate surface area is 109 Å². The van der Waals surface area contributed by atoms with Gasteiger partial charge >= 0.3 is 7.12 Å². The standard InChI is InChI=1S/C13H13BFNO3/c1-9-4-5-16(13(17)6-9)8-10-2-3-12(15)11(7-10)14(18)19/h2-7,18-19H,8H2,1H3. The van der Waals surface area contributed by atoms with Gasteiger partial charge in [-0.1, -0.05) is 12.1 Å². The summed E-state index contributed by atoms with van der Waals surface area (Å²) in [7, 11) is -1.87. The highest BCUT2D eigenvalue weighted by molar-refractivity contribution is 6.58. The summed E-state index contributed by atoms with van der Waals surface area (Å²) in [5.41, 5.74) is 1.13. The van der Waals surface area contributed by atoms with Crippen molar-refractivity contribution in [3.63, 3.8) is 0 Å². The summed E-state index contributed by atoms with van der Waals surface area (Å²) in [5, 5.41) is 18.1. The fraction of sp³-hybridized carbons (Fsp3) is 0.154. The van der Waals surface area contributed by atoms with Crippen LogP contribution in [0.2, 0.25) is 0 Å². The Bertz CT molecular complexity index is 655. The van der Waals surface area contributed by atoms with Crippen LogP contribution in [-0.4, -0.2) is 21.7 Å². The summed E-state index contributed by atoms with van der Waals surface area (Å²) in [6.45, 7) is 2.07. The monoisotopic (exact) mass is 261 g/mol. The normalized spacial score (nSPS) is 10.5. The van der Waals surface area contributed by atoms with Gasteiger partial charge in [0.05, 0.1) is 6.54 Å². The molecule has 0 fully saturated rings. The molecule has 6 heteroatoms. The third-order valence-corrected chi connectivity index (χ3v) is 2.84. The average molecular weight is 261 g/mol. The number of hydrogen-bond donors (Lipinski definition) is 2. The Kier molecular flexibility index (Phi) is 3.83. The van der Waals surface area contributed by atoms with Crippen LogP contribution in [0, 0.1) is 12.7 Å². The van der Waals surface area contributed by atoms with E-state index in [9.17, 15) is 9.18 Å². The Morgan fingerprint density at radius 1 is 1.26 bits per heavy atom. The van der Waals surface area contributed by atoms with Crippen LogP contribution < -0.4 is 11.0 Å². The maximum Gasteiger partial charge on any atom is 0.491 e. The van der Waals surface area contributed by atoms with Crippen molar-refractivity contribution in [1.82, 2.24) is 4.57 Å². The van der Waals surface area contributed by atoms with E-state index in [1.54, 1.807) is 12.3 Å². The smallest absolute Gasteiger partial charge is 0.423 e. The fourth-order valence-corrected chi connectivity index (χ4v) is 1.82. The molecule has 0 aliphatic carbocycles. The van der Waals surface area contributed by atoms with Crippen LogP contribution in [0.15, 0.2) is 41.3 Å². The molecule has 0 saturated carbocycles. The minimum Gasteiger partial charge on any atom is -0.423 e. The summed E-state index contributed by atoms with van der Waals surface area (Å²) in [4.78, 5) is 11.7. The lowest BCUT2D eigenvalue weighted by atomic mass is 9.79. The molecule has 1 heterocycles. The lowest BCUT2D eigenvalue weighted by Gasteiger charge is -2.08. The van der Waals surface area contributed by atoms with E-state index in [0.29, 0.717) is 5.56 Å². The quantitative estimate of drug-likeness (QED) is 0.766. The van der Waals surface area contributed by atoms with E-state index < -0.39 is 12.9 Å². The second kappa shape index (κ2) is 5.38. The van der Waals surface area contributed by atoms with Gasteiger partial charge in [-0.3, -0.25) is 4.79 Å². The highest BCUT2D eigenvalue weighted by Crippen LogP contribution is 2.04. The predicted molar refractivity (Wildman–Crippen MR) is 70.8 cm³/mol. The van der Waals surface area contributed by atoms with Gasteiger partial charge < -0.3 is 14.6 Å². The SMILES string of the molecule is Cc1ccn(Cc2ccc(F)c(B(O)O)c2)c(=O)c1. The lowest BCUT2D eigenvalue weighted by molar-refractivity contribution is 0.423. The first-order valence-corrected chi connectivity index (χ1v) is 5.79. The van der Waals surface area contributed by atoms with E-state index in [-0.39, 0.29) is 17.6 Å². The van der Waals surface area contributed by atoms with Gasteiger partial charge in [0.1, 0.15) is 5.82 Å². The van der Waals surface area contributed by atoms with E-state index in [2.05, 4.69) is 0 Å². The van der Waals surface area contributed by atoms with Crippen LogP contribution in [0.1, 0.15) is 11.1 Å². The highest BCUT2D eigenvalue weighted by atomic mass is 19.1. The zero-order chi connectivity index (χ0) is 14.0. The number of rotatable bonds is 3. The molecular weight excluding hydrogens is 248 g/mol. The minimum atomic E-state index is -1.87. The molecule has 2 N–H and O–H groups in total. The molecule has 0 unspecified atom stereocenters. The number of hydrogen-bond acceptors (Lipinski definition) is 3. The maximum atomic E-state index is 13.3. The molecule has 98 valence electrons. The molecule has 1 aromatic heterocycles. The minimum absolute atomic E-state index is 0.157. The van der Waals surface area contributed by atoms with Crippen molar-refractivity contribution in [1.29, 1.82) is 0 Å². The molecule has 1 aromatic carbocycles. The molecule has 0 amide bonds. The third-order valence-electron chi connectivity index (χ3n) is 2.84. The summed E-state index contributed by atoms with van der Waals surface area (Å²) in [6, 6.07) is 7.31. The number of pyridine rings is 1. The van der Waals surface area contributed by atoms with E-state index in [4.69, 9.17) is 10.0 Å². The van der Waals surface area contributed by atoms with Gasteiger partial charge in [0.2, 0.25) is 0 Å². The van der Waals surface area contributed by atoms with Crippen molar-refractivity contribution in [3.8, 4) is 0 Å². The molecule has 0 aliphatic rings. The van der Waals surface area contributed by atoms with Gasteiger partial charge in [0.25, 0.3) is 5.56 Å². The van der Waals surface area contributed by atoms with E-state index in [1.807, 2.05) is 6.92 Å². The first kappa shape index (κ1) is 13.5. The molecule has 4 nitrogen and oxygen atoms in total. The first-order valence-electron chi connectivity index (χ1n) is 5.79. The van der Waals surface area contributed by atoms with Gasteiger partial charge in [0.15, 0.2) is 0 Å². The largest absolute Gasteiger partial charge is 0.491 e. The fourth-order valence-electron chi connectivity index (χ4n) is 1.82. The molecule has 0 spiro atoms. The highest BCUT2D eigenvalue weighted by Gasteiger charge is 2.16. The van der Waals surface area contributed by atoms with Gasteiger partial charge in [-0.05, 0) is 30.2 Å². The molecule has 0 radical (unpaired) electrons. The number of halogens is 1. The Morgan fingerprint density at radius 2 is 2.00 bits per heavy atom. The summed E-state index contributed by atoms with van der Waals surface area (Å²) >= 11 is 0. The number of aromatic nitrogens is 1. The van der Waals surface area contributed by atoms with E-state index in [1.165, 1.54) is 22.8 Å². The molecule has 19 heavy (non-hydrogen) atoms. The summed E-state index contributed by atoms with van der Waals surface area (Å²) in [6.07, 6.45) is 1.65. The maximum absolute atomic E-state index is 13.3. The summed E-state index contributed by atoms with van der Waals surface area (Å²) < 4.78 is 14.8. The summed E-state index contributed by atoms with van der Waals surface area (Å²) in [5.74, 6) is -0.685. The second-order valence-electron chi connectivity index (χ2n) is 4.40. The molecular formula is C13H13BFNO3. The number of nitrogens with zero attached hydrogens (tertiary/aromatic N) is 1. The first-order chi connectivity index (χ1) is 8.97. The number of benzene rings is 1. The Balaban J connectivity index is 2.33. The molecule has 2 rings (SSSR count). The van der Waals surface area contributed by atoms with Crippen LogP contribution in [-0.2, 0) is 6.54 Å². The molecule has 0 bridgehead atoms. The van der Waals surface area contributed by atoms with Gasteiger partial charge in [-0.25, -0.2) is 4.39 Å². The Hall–Kier alpha value is -1.92. The molecule has 0 aliphatic heterocycles. The second-order valence-corrected chi connectivity index (χ2v) is 4.40. The van der Waals surface area contributed by atoms with Crippen LogP contribution in [0.5, 0.6) is 0 Å². The van der Waals surface area contributed by atoms with Crippen molar-refractivity contribution in [3.05, 3.63) is 63.8 Å². The average Bonchev–Trinajstić information content (AvgIpc) is 2.34. The van der Waals surface area contributed by atoms with E-state index in [0.717, 1.165) is 11.6 Å². The zero-order valence-electron chi connectivity index (χ0n) is 10.4. The number of aryl methyl sites for hydroxylation is 1. The molecule has 0 atom stereocenters. The van der Waals surface area contributed by atoms with Gasteiger partial charge in [-0.2, -0.15) is 0 Å². The van der Waals surface area contributed by atoms with Crippen LogP contribution >= 0.6 is 0 Å².